The third kappa shape index (κ3) is 5.03. The number of thioether (sulfide) groups is 1. The Bertz CT molecular complexity index is 1330. The van der Waals surface area contributed by atoms with E-state index in [2.05, 4.69) is 77.1 Å². The highest BCUT2D eigenvalue weighted by Crippen LogP contribution is 2.40. The van der Waals surface area contributed by atoms with E-state index in [0.717, 1.165) is 47.9 Å². The van der Waals surface area contributed by atoms with Gasteiger partial charge >= 0.3 is 0 Å². The molecule has 192 valence electrons. The van der Waals surface area contributed by atoms with E-state index in [1.54, 1.807) is 11.8 Å². The molecule has 37 heavy (non-hydrogen) atoms. The fourth-order valence-electron chi connectivity index (χ4n) is 6.34. The van der Waals surface area contributed by atoms with Gasteiger partial charge in [-0.1, -0.05) is 87.1 Å². The van der Waals surface area contributed by atoms with Crippen LogP contribution in [0.4, 0.5) is 0 Å². The summed E-state index contributed by atoms with van der Waals surface area (Å²) in [6.45, 7) is 3.01. The molecule has 3 aliphatic rings. The van der Waals surface area contributed by atoms with Crippen molar-refractivity contribution < 1.29 is 4.79 Å². The molecule has 4 nitrogen and oxygen atoms in total. The lowest BCUT2D eigenvalue weighted by Gasteiger charge is -2.31. The van der Waals surface area contributed by atoms with Crippen LogP contribution in [0.2, 0.25) is 0 Å². The van der Waals surface area contributed by atoms with Crippen LogP contribution in [0.3, 0.4) is 0 Å². The van der Waals surface area contributed by atoms with E-state index in [-0.39, 0.29) is 5.91 Å². The van der Waals surface area contributed by atoms with Gasteiger partial charge in [0.25, 0.3) is 5.91 Å². The number of hydrogen-bond acceptors (Lipinski definition) is 3. The van der Waals surface area contributed by atoms with Crippen LogP contribution in [0.5, 0.6) is 0 Å². The third-order valence-electron chi connectivity index (χ3n) is 8.38. The highest BCUT2D eigenvalue weighted by atomic mass is 32.2. The molecule has 2 aromatic carbocycles. The molecule has 1 amide bonds. The molecule has 2 heterocycles. The largest absolute Gasteiger partial charge is 0.340 e. The molecule has 6 rings (SSSR count). The predicted octanol–water partition coefficient (Wildman–Crippen LogP) is 7.94. The second-order valence-electron chi connectivity index (χ2n) is 10.9. The number of benzene rings is 2. The Labute approximate surface area is 224 Å². The van der Waals surface area contributed by atoms with Crippen molar-refractivity contribution in [1.82, 2.24) is 9.47 Å². The zero-order valence-corrected chi connectivity index (χ0v) is 22.7. The average molecular weight is 512 g/mol. The van der Waals surface area contributed by atoms with Crippen LogP contribution >= 0.6 is 11.8 Å². The number of amides is 1. The number of aliphatic imine (C=N–C) groups is 1. The summed E-state index contributed by atoms with van der Waals surface area (Å²) in [6, 6.07) is 19.9. The van der Waals surface area contributed by atoms with Crippen molar-refractivity contribution in [3.8, 4) is 0 Å². The quantitative estimate of drug-likeness (QED) is 0.326. The van der Waals surface area contributed by atoms with Gasteiger partial charge in [0.2, 0.25) is 0 Å². The van der Waals surface area contributed by atoms with Crippen LogP contribution < -0.4 is 0 Å². The smallest absolute Gasteiger partial charge is 0.267 e. The van der Waals surface area contributed by atoms with Gasteiger partial charge in [-0.05, 0) is 62.1 Å². The first-order chi connectivity index (χ1) is 18.2. The Morgan fingerprint density at radius 3 is 2.32 bits per heavy atom. The van der Waals surface area contributed by atoms with Gasteiger partial charge in [-0.3, -0.25) is 14.7 Å². The monoisotopic (exact) mass is 511 g/mol. The molecule has 0 bridgehead atoms. The maximum absolute atomic E-state index is 14.0. The van der Waals surface area contributed by atoms with Crippen molar-refractivity contribution in [3.05, 3.63) is 76.3 Å². The molecular weight excluding hydrogens is 474 g/mol. The van der Waals surface area contributed by atoms with E-state index in [9.17, 15) is 4.79 Å². The summed E-state index contributed by atoms with van der Waals surface area (Å²) in [7, 11) is 0. The number of nitrogens with zero attached hydrogens (tertiary/aromatic N) is 3. The topological polar surface area (TPSA) is 37.6 Å². The lowest BCUT2D eigenvalue weighted by atomic mass is 9.94. The van der Waals surface area contributed by atoms with Crippen molar-refractivity contribution in [2.45, 2.75) is 89.8 Å². The van der Waals surface area contributed by atoms with Crippen molar-refractivity contribution in [3.63, 3.8) is 0 Å². The van der Waals surface area contributed by atoms with Gasteiger partial charge in [0.15, 0.2) is 5.17 Å². The maximum Gasteiger partial charge on any atom is 0.267 e. The molecule has 2 aliphatic carbocycles. The van der Waals surface area contributed by atoms with Gasteiger partial charge < -0.3 is 4.57 Å². The lowest BCUT2D eigenvalue weighted by Crippen LogP contribution is -2.41. The summed E-state index contributed by atoms with van der Waals surface area (Å²) in [6.07, 6.45) is 14.2. The molecule has 1 aromatic heterocycles. The fourth-order valence-corrected chi connectivity index (χ4v) is 7.44. The summed E-state index contributed by atoms with van der Waals surface area (Å²) >= 11 is 1.62. The Hall–Kier alpha value is -2.79. The molecule has 3 aromatic rings. The number of aromatic nitrogens is 1. The predicted molar refractivity (Wildman–Crippen MR) is 156 cm³/mol. The SMILES string of the molecule is Cc1c(C=C2SC(=NC3CCCCC3)N(C3CCCCC3)C2=O)c2ccccc2n1Cc1ccccc1. The normalized spacial score (nSPS) is 22.1. The number of fused-ring (bicyclic) bond motifs is 1. The Morgan fingerprint density at radius 1 is 0.892 bits per heavy atom. The van der Waals surface area contributed by atoms with Crippen molar-refractivity contribution in [2.24, 2.45) is 4.99 Å². The number of hydrogen-bond donors (Lipinski definition) is 0. The van der Waals surface area contributed by atoms with Gasteiger partial charge in [-0.2, -0.15) is 0 Å². The van der Waals surface area contributed by atoms with E-state index in [1.165, 1.54) is 60.7 Å². The molecular formula is C32H37N3OS. The van der Waals surface area contributed by atoms with Crippen LogP contribution in [0, 0.1) is 6.92 Å². The van der Waals surface area contributed by atoms with Crippen molar-refractivity contribution in [2.75, 3.05) is 0 Å². The molecule has 0 atom stereocenters. The molecule has 0 spiro atoms. The Kier molecular flexibility index (Phi) is 7.23. The zero-order valence-electron chi connectivity index (χ0n) is 21.9. The molecule has 1 saturated heterocycles. The molecule has 5 heteroatoms. The minimum atomic E-state index is 0.158. The summed E-state index contributed by atoms with van der Waals surface area (Å²) in [5.41, 5.74) is 4.85. The average Bonchev–Trinajstić information content (AvgIpc) is 3.39. The third-order valence-corrected chi connectivity index (χ3v) is 9.38. The van der Waals surface area contributed by atoms with E-state index >= 15 is 0 Å². The minimum Gasteiger partial charge on any atom is -0.340 e. The number of carbonyl (C=O) groups is 1. The van der Waals surface area contributed by atoms with Gasteiger partial charge in [-0.25, -0.2) is 0 Å². The van der Waals surface area contributed by atoms with E-state index in [0.29, 0.717) is 12.1 Å². The Morgan fingerprint density at radius 2 is 1.57 bits per heavy atom. The zero-order chi connectivity index (χ0) is 25.2. The number of para-hydroxylation sites is 1. The van der Waals surface area contributed by atoms with Crippen LogP contribution in [0.1, 0.15) is 81.0 Å². The lowest BCUT2D eigenvalue weighted by molar-refractivity contribution is -0.124. The highest BCUT2D eigenvalue weighted by molar-refractivity contribution is 8.18. The Balaban J connectivity index is 1.39. The summed E-state index contributed by atoms with van der Waals surface area (Å²) < 4.78 is 2.39. The first-order valence-corrected chi connectivity index (χ1v) is 14.9. The molecule has 0 N–H and O–H groups in total. The number of carbonyl (C=O) groups excluding carboxylic acids is 1. The van der Waals surface area contributed by atoms with E-state index < -0.39 is 0 Å². The number of rotatable bonds is 5. The van der Waals surface area contributed by atoms with E-state index in [4.69, 9.17) is 4.99 Å². The minimum absolute atomic E-state index is 0.158. The summed E-state index contributed by atoms with van der Waals surface area (Å²) in [5.74, 6) is 0.158. The molecule has 3 fully saturated rings. The number of amidine groups is 1. The molecule has 0 unspecified atom stereocenters. The van der Waals surface area contributed by atoms with Crippen molar-refractivity contribution >= 4 is 39.8 Å². The van der Waals surface area contributed by atoms with Crippen LogP contribution in [-0.4, -0.2) is 32.6 Å². The molecule has 1 aliphatic heterocycles. The van der Waals surface area contributed by atoms with Gasteiger partial charge in [-0.15, -0.1) is 0 Å². The maximum atomic E-state index is 14.0. The molecule has 2 saturated carbocycles. The van der Waals surface area contributed by atoms with Gasteiger partial charge in [0.1, 0.15) is 0 Å². The van der Waals surface area contributed by atoms with E-state index in [1.807, 2.05) is 0 Å². The van der Waals surface area contributed by atoms with Crippen LogP contribution in [0.15, 0.2) is 64.5 Å². The second-order valence-corrected chi connectivity index (χ2v) is 11.9. The van der Waals surface area contributed by atoms with Crippen molar-refractivity contribution in [1.29, 1.82) is 0 Å². The summed E-state index contributed by atoms with van der Waals surface area (Å²) in [4.78, 5) is 22.1. The van der Waals surface area contributed by atoms with Gasteiger partial charge in [0, 0.05) is 34.7 Å². The van der Waals surface area contributed by atoms with Gasteiger partial charge in [0.05, 0.1) is 10.9 Å². The van der Waals surface area contributed by atoms with Crippen LogP contribution in [-0.2, 0) is 11.3 Å². The van der Waals surface area contributed by atoms with Crippen LogP contribution in [0.25, 0.3) is 17.0 Å². The highest BCUT2D eigenvalue weighted by Gasteiger charge is 2.39. The fraction of sp³-hybridized carbons (Fsp3) is 0.438. The standard InChI is InChI=1S/C32H37N3OS/c1-23-28(27-19-11-12-20-29(27)34(23)22-24-13-5-2-6-14-24)21-30-31(36)35(26-17-9-4-10-18-26)32(37-30)33-25-15-7-3-8-16-25/h2,5-6,11-14,19-21,25-26H,3-4,7-10,15-18,22H2,1H3. The first-order valence-electron chi connectivity index (χ1n) is 14.1. The summed E-state index contributed by atoms with van der Waals surface area (Å²) in [5, 5.41) is 2.17. The molecule has 0 radical (unpaired) electrons. The second kappa shape index (κ2) is 10.9. The first kappa shape index (κ1) is 24.5.